The number of carboxylic acid groups (broad SMARTS) is 1. The predicted molar refractivity (Wildman–Crippen MR) is 62.8 cm³/mol. The Balaban J connectivity index is 2.91. The Labute approximate surface area is 93.7 Å². The lowest BCUT2D eigenvalue weighted by atomic mass is 10.1. The van der Waals surface area contributed by atoms with Crippen molar-refractivity contribution >= 4 is 24.4 Å². The number of hydrogen-bond donors (Lipinski definition) is 1. The van der Waals surface area contributed by atoms with Gasteiger partial charge in [0.1, 0.15) is 6.29 Å². The predicted octanol–water partition coefficient (Wildman–Crippen LogP) is 2.39. The summed E-state index contributed by atoms with van der Waals surface area (Å²) in [4.78, 5) is 20.5. The van der Waals surface area contributed by atoms with E-state index < -0.39 is 5.97 Å². The average molecular weight is 216 g/mol. The summed E-state index contributed by atoms with van der Waals surface area (Å²) in [5, 5.41) is 8.53. The number of carboxylic acids is 1. The van der Waals surface area contributed by atoms with Gasteiger partial charge in [0, 0.05) is 12.5 Å². The summed E-state index contributed by atoms with van der Waals surface area (Å²) < 4.78 is 0. The Morgan fingerprint density at radius 2 is 1.81 bits per heavy atom. The molecule has 0 atom stereocenters. The van der Waals surface area contributed by atoms with E-state index in [1.54, 1.807) is 12.2 Å². The number of rotatable bonds is 5. The Bertz CT molecular complexity index is 431. The summed E-state index contributed by atoms with van der Waals surface area (Å²) in [5.41, 5.74) is 1.70. The average Bonchev–Trinajstić information content (AvgIpc) is 2.28. The summed E-state index contributed by atoms with van der Waals surface area (Å²) >= 11 is 0. The van der Waals surface area contributed by atoms with E-state index in [2.05, 4.69) is 0 Å². The van der Waals surface area contributed by atoms with Gasteiger partial charge in [0.15, 0.2) is 0 Å². The minimum Gasteiger partial charge on any atom is -0.478 e. The smallest absolute Gasteiger partial charge is 0.328 e. The lowest BCUT2D eigenvalue weighted by Gasteiger charge is -1.99. The summed E-state index contributed by atoms with van der Waals surface area (Å²) in [7, 11) is 0. The second-order valence-corrected chi connectivity index (χ2v) is 3.11. The Kier molecular flexibility index (Phi) is 4.73. The minimum absolute atomic E-state index is 0.358. The maximum atomic E-state index is 10.4. The van der Waals surface area contributed by atoms with Crippen LogP contribution in [0.4, 0.5) is 0 Å². The molecule has 0 aliphatic carbocycles. The molecule has 82 valence electrons. The van der Waals surface area contributed by atoms with Gasteiger partial charge in [0.2, 0.25) is 0 Å². The molecule has 1 aromatic carbocycles. The number of carbonyl (C=O) groups excluding carboxylic acids is 1. The van der Waals surface area contributed by atoms with Crippen molar-refractivity contribution in [3.63, 3.8) is 0 Å². The Morgan fingerprint density at radius 1 is 1.19 bits per heavy atom. The molecule has 1 aromatic rings. The molecule has 1 N–H and O–H groups in total. The Hall–Kier alpha value is -2.16. The zero-order valence-corrected chi connectivity index (χ0v) is 8.67. The van der Waals surface area contributed by atoms with Crippen molar-refractivity contribution in [2.24, 2.45) is 0 Å². The molecule has 0 aliphatic rings. The number of hydrogen-bond acceptors (Lipinski definition) is 2. The van der Waals surface area contributed by atoms with Gasteiger partial charge in [-0.2, -0.15) is 0 Å². The van der Waals surface area contributed by atoms with E-state index in [1.165, 1.54) is 6.08 Å². The van der Waals surface area contributed by atoms with Crippen molar-refractivity contribution in [1.29, 1.82) is 0 Å². The molecule has 0 heterocycles. The summed E-state index contributed by atoms with van der Waals surface area (Å²) in [5.74, 6) is -0.980. The zero-order valence-electron chi connectivity index (χ0n) is 8.67. The number of allylic oxidation sites excluding steroid dienone is 1. The number of aliphatic carboxylic acids is 1. The van der Waals surface area contributed by atoms with Gasteiger partial charge in [-0.05, 0) is 17.2 Å². The van der Waals surface area contributed by atoms with Crippen molar-refractivity contribution in [2.75, 3.05) is 0 Å². The maximum Gasteiger partial charge on any atom is 0.328 e. The van der Waals surface area contributed by atoms with Crippen LogP contribution in [0.2, 0.25) is 0 Å². The molecule has 0 spiro atoms. The van der Waals surface area contributed by atoms with Crippen LogP contribution in [0, 0.1) is 0 Å². The highest BCUT2D eigenvalue weighted by Gasteiger charge is 1.94. The van der Waals surface area contributed by atoms with Crippen LogP contribution in [0.3, 0.4) is 0 Å². The molecule has 0 saturated heterocycles. The van der Waals surface area contributed by atoms with Crippen LogP contribution in [0.5, 0.6) is 0 Å². The first-order valence-electron chi connectivity index (χ1n) is 4.84. The van der Waals surface area contributed by atoms with Gasteiger partial charge < -0.3 is 9.90 Å². The second-order valence-electron chi connectivity index (χ2n) is 3.11. The third-order valence-electron chi connectivity index (χ3n) is 1.93. The normalized spacial score (nSPS) is 11.0. The van der Waals surface area contributed by atoms with Crippen LogP contribution in [0.25, 0.3) is 12.2 Å². The molecular formula is C13H12O3. The highest BCUT2D eigenvalue weighted by atomic mass is 16.4. The third kappa shape index (κ3) is 3.92. The van der Waals surface area contributed by atoms with Crippen molar-refractivity contribution in [1.82, 2.24) is 0 Å². The van der Waals surface area contributed by atoms with Gasteiger partial charge >= 0.3 is 5.97 Å². The van der Waals surface area contributed by atoms with Crippen LogP contribution in [0.1, 0.15) is 17.5 Å². The van der Waals surface area contributed by atoms with E-state index in [0.29, 0.717) is 6.42 Å². The standard InChI is InChI=1S/C13H12O3/c14-10-4-3-7-11-5-1-2-6-12(11)8-9-13(15)16/h1-3,5-10H,4H2,(H,15,16)/b7-3?,9-8+. The summed E-state index contributed by atoms with van der Waals surface area (Å²) in [6, 6.07) is 7.38. The van der Waals surface area contributed by atoms with E-state index in [4.69, 9.17) is 5.11 Å². The molecule has 0 saturated carbocycles. The molecule has 0 bridgehead atoms. The van der Waals surface area contributed by atoms with Crippen LogP contribution in [-0.4, -0.2) is 17.4 Å². The fourth-order valence-electron chi connectivity index (χ4n) is 1.23. The molecule has 0 radical (unpaired) electrons. The van der Waals surface area contributed by atoms with Crippen LogP contribution < -0.4 is 0 Å². The van der Waals surface area contributed by atoms with Crippen LogP contribution in [-0.2, 0) is 9.59 Å². The van der Waals surface area contributed by atoms with Gasteiger partial charge in [-0.1, -0.05) is 36.4 Å². The second kappa shape index (κ2) is 6.35. The lowest BCUT2D eigenvalue weighted by molar-refractivity contribution is -0.131. The van der Waals surface area contributed by atoms with E-state index in [1.807, 2.05) is 24.3 Å². The zero-order chi connectivity index (χ0) is 11.8. The quantitative estimate of drug-likeness (QED) is 0.607. The van der Waals surface area contributed by atoms with E-state index >= 15 is 0 Å². The van der Waals surface area contributed by atoms with Crippen LogP contribution >= 0.6 is 0 Å². The summed E-state index contributed by atoms with van der Waals surface area (Å²) in [6.45, 7) is 0. The molecule has 0 aliphatic heterocycles. The molecule has 0 fully saturated rings. The number of carbonyl (C=O) groups is 2. The van der Waals surface area contributed by atoms with Gasteiger partial charge in [0.25, 0.3) is 0 Å². The van der Waals surface area contributed by atoms with Gasteiger partial charge in [0.05, 0.1) is 0 Å². The molecule has 3 nitrogen and oxygen atoms in total. The number of aldehydes is 1. The first-order valence-corrected chi connectivity index (χ1v) is 4.84. The molecule has 0 unspecified atom stereocenters. The van der Waals surface area contributed by atoms with Crippen molar-refractivity contribution in [3.05, 3.63) is 47.5 Å². The first-order chi connectivity index (χ1) is 7.74. The SMILES string of the molecule is O=CCC=Cc1ccccc1/C=C/C(=O)O. The van der Waals surface area contributed by atoms with Gasteiger partial charge in [-0.15, -0.1) is 0 Å². The lowest BCUT2D eigenvalue weighted by Crippen LogP contribution is -1.87. The molecule has 3 heteroatoms. The monoisotopic (exact) mass is 216 g/mol. The van der Waals surface area contributed by atoms with E-state index in [-0.39, 0.29) is 0 Å². The van der Waals surface area contributed by atoms with E-state index in [0.717, 1.165) is 23.5 Å². The molecule has 0 amide bonds. The number of benzene rings is 1. The fraction of sp³-hybridized carbons (Fsp3) is 0.0769. The minimum atomic E-state index is -0.980. The summed E-state index contributed by atoms with van der Waals surface area (Å²) in [6.07, 6.45) is 7.33. The largest absolute Gasteiger partial charge is 0.478 e. The van der Waals surface area contributed by atoms with Crippen molar-refractivity contribution < 1.29 is 14.7 Å². The molecule has 16 heavy (non-hydrogen) atoms. The highest BCUT2D eigenvalue weighted by Crippen LogP contribution is 2.12. The van der Waals surface area contributed by atoms with E-state index in [9.17, 15) is 9.59 Å². The highest BCUT2D eigenvalue weighted by molar-refractivity contribution is 5.86. The maximum absolute atomic E-state index is 10.4. The van der Waals surface area contributed by atoms with Gasteiger partial charge in [-0.25, -0.2) is 4.79 Å². The van der Waals surface area contributed by atoms with Gasteiger partial charge in [-0.3, -0.25) is 0 Å². The molecular weight excluding hydrogens is 204 g/mol. The molecule has 1 rings (SSSR count). The van der Waals surface area contributed by atoms with Crippen molar-refractivity contribution in [2.45, 2.75) is 6.42 Å². The third-order valence-corrected chi connectivity index (χ3v) is 1.93. The Morgan fingerprint density at radius 3 is 2.38 bits per heavy atom. The fourth-order valence-corrected chi connectivity index (χ4v) is 1.23. The topological polar surface area (TPSA) is 54.4 Å². The van der Waals surface area contributed by atoms with Crippen LogP contribution in [0.15, 0.2) is 36.4 Å². The van der Waals surface area contributed by atoms with Crippen molar-refractivity contribution in [3.8, 4) is 0 Å². The first kappa shape index (κ1) is 11.9. The molecule has 0 aromatic heterocycles.